The summed E-state index contributed by atoms with van der Waals surface area (Å²) in [6.07, 6.45) is 4.62. The number of fused-ring (bicyclic) bond motifs is 5. The molecule has 542 valence electrons. The van der Waals surface area contributed by atoms with Gasteiger partial charge in [0.15, 0.2) is 5.78 Å². The number of phenols is 2. The van der Waals surface area contributed by atoms with E-state index < -0.39 is 144 Å². The molecule has 1 saturated heterocycles. The standard InChI is InChI=1S/C71H83F2N13O14S2/c1-71-17-4-19-86(71)70(100)59(24-39-6-13-49(87)14-7-39)85-68(98)57(30-48-33-76-38-79-48)83-69(99)58(31-63(92)93)84-67(97)56(25-43-9-8-42-10-11-46(72)28-51(42)43)82-66(96)55(26-44-32-77-53-15-12-47(73)29-52(44)53)81-62(91)34-78-65(95)54(5-2-3-18-74)80-61(90)16-20-101-35-40-21-41(23-50(88)22-40)36-102-37-45(64(75)94)27-60(71)89/h6-7,9-15,21-23,28-29,32-33,38,45,54-59,77,87-88H,2-5,8,16-20,24-27,30-31,34-37,74H2,1H3,(H2,75,94)(H,76,79)(H,78,95)(H,80,90)(H,81,91)(H,82,96)(H,83,99)(H,84,97)(H,85,98)(H,92,93)/t45-,54-,55-,56-,57-,58-,59-,71-/m0/s1. The first-order valence-corrected chi connectivity index (χ1v) is 35.7. The molecule has 2 bridgehead atoms. The van der Waals surface area contributed by atoms with Gasteiger partial charge < -0.3 is 78.9 Å². The van der Waals surface area contributed by atoms with Gasteiger partial charge in [-0.05, 0) is 146 Å². The number of imidazole rings is 1. The Bertz CT molecular complexity index is 4120. The lowest BCUT2D eigenvalue weighted by atomic mass is 9.86. The molecule has 8 atom stereocenters. The number of Topliss-reactive ketones (excluding diaryl/α,β-unsaturated/α-hetero) is 1. The van der Waals surface area contributed by atoms with Crippen LogP contribution < -0.4 is 48.7 Å². The first-order chi connectivity index (χ1) is 48.8. The summed E-state index contributed by atoms with van der Waals surface area (Å²) in [6, 6.07) is 8.78. The number of nitrogens with one attached hydrogen (secondary N) is 9. The van der Waals surface area contributed by atoms with Crippen LogP contribution in [0.3, 0.4) is 0 Å². The van der Waals surface area contributed by atoms with E-state index in [2.05, 4.69) is 52.2 Å². The lowest BCUT2D eigenvalue weighted by Crippen LogP contribution is -2.61. The molecule has 27 nitrogen and oxygen atoms in total. The molecular formula is C71H83F2N13O14S2. The topological polar surface area (TPSA) is 432 Å². The van der Waals surface area contributed by atoms with Crippen LogP contribution in [0, 0.1) is 17.6 Å². The van der Waals surface area contributed by atoms with Crippen LogP contribution in [-0.4, -0.2) is 173 Å². The van der Waals surface area contributed by atoms with Crippen molar-refractivity contribution in [2.75, 3.05) is 31.1 Å². The lowest BCUT2D eigenvalue weighted by molar-refractivity contribution is -0.146. The molecule has 9 rings (SSSR count). The number of aromatic hydroxyl groups is 2. The zero-order valence-electron chi connectivity index (χ0n) is 56.0. The summed E-state index contributed by atoms with van der Waals surface area (Å²) in [5.41, 5.74) is 14.4. The molecule has 4 aromatic carbocycles. The molecule has 0 saturated carbocycles. The molecule has 4 heterocycles. The van der Waals surface area contributed by atoms with E-state index in [9.17, 15) is 57.7 Å². The van der Waals surface area contributed by atoms with E-state index in [4.69, 9.17) is 11.5 Å². The van der Waals surface area contributed by atoms with Crippen LogP contribution in [0.25, 0.3) is 16.5 Å². The number of thioether (sulfide) groups is 2. The summed E-state index contributed by atoms with van der Waals surface area (Å²) in [7, 11) is 0. The van der Waals surface area contributed by atoms with E-state index in [-0.39, 0.29) is 98.9 Å². The van der Waals surface area contributed by atoms with E-state index in [1.807, 2.05) is 6.07 Å². The van der Waals surface area contributed by atoms with Crippen molar-refractivity contribution in [2.45, 2.75) is 144 Å². The highest BCUT2D eigenvalue weighted by atomic mass is 32.2. The molecule has 2 aromatic heterocycles. The molecule has 1 fully saturated rings. The first-order valence-electron chi connectivity index (χ1n) is 33.4. The summed E-state index contributed by atoms with van der Waals surface area (Å²) in [6.45, 7) is 1.12. The number of aromatic nitrogens is 3. The number of carbonyl (C=O) groups is 11. The maximum Gasteiger partial charge on any atom is 0.305 e. The Labute approximate surface area is 594 Å². The van der Waals surface area contributed by atoms with Crippen LogP contribution in [0.4, 0.5) is 8.78 Å². The second-order valence-corrected chi connectivity index (χ2v) is 27.9. The van der Waals surface area contributed by atoms with Gasteiger partial charge in [0.25, 0.3) is 0 Å². The number of nitrogens with zero attached hydrogens (tertiary/aromatic N) is 2. The van der Waals surface area contributed by atoms with Crippen molar-refractivity contribution in [3.63, 3.8) is 0 Å². The molecule has 3 aliphatic rings. The minimum atomic E-state index is -2.04. The molecule has 1 aliphatic carbocycles. The third-order valence-electron chi connectivity index (χ3n) is 18.2. The number of H-pyrrole nitrogens is 2. The van der Waals surface area contributed by atoms with Crippen LogP contribution in [0.1, 0.15) is 104 Å². The molecule has 0 radical (unpaired) electrons. The maximum absolute atomic E-state index is 15.2. The summed E-state index contributed by atoms with van der Waals surface area (Å²) >= 11 is 2.66. The van der Waals surface area contributed by atoms with E-state index in [0.717, 1.165) is 0 Å². The van der Waals surface area contributed by atoms with Crippen molar-refractivity contribution in [1.29, 1.82) is 0 Å². The van der Waals surface area contributed by atoms with Crippen molar-refractivity contribution in [3.8, 4) is 11.5 Å². The number of allylic oxidation sites excluding steroid dienone is 1. The number of rotatable bonds is 15. The predicted molar refractivity (Wildman–Crippen MR) is 375 cm³/mol. The number of phenolic OH excluding ortho intramolecular Hbond substituents is 2. The number of carboxylic acids is 1. The Morgan fingerprint density at radius 2 is 1.35 bits per heavy atom. The number of hydrogen-bond acceptors (Lipinski definition) is 17. The number of carbonyl (C=O) groups excluding carboxylic acids is 10. The van der Waals surface area contributed by atoms with Crippen LogP contribution in [0.15, 0.2) is 104 Å². The zero-order chi connectivity index (χ0) is 73.2. The molecule has 9 amide bonds. The molecule has 2 aliphatic heterocycles. The molecule has 16 N–H and O–H groups in total. The normalized spacial score (nSPS) is 23.1. The average Bonchev–Trinajstić information content (AvgIpc) is 1.59. The molecule has 31 heteroatoms. The minimum Gasteiger partial charge on any atom is -0.508 e. The molecule has 6 aromatic rings. The van der Waals surface area contributed by atoms with Crippen LogP contribution in [0.2, 0.25) is 0 Å². The largest absolute Gasteiger partial charge is 0.508 e. The number of ketones is 1. The summed E-state index contributed by atoms with van der Waals surface area (Å²) in [5.74, 6) is -11.7. The quantitative estimate of drug-likeness (QED) is 0.0656. The predicted octanol–water partition coefficient (Wildman–Crippen LogP) is 3.28. The Morgan fingerprint density at radius 3 is 2.05 bits per heavy atom. The van der Waals surface area contributed by atoms with Crippen molar-refractivity contribution < 1.29 is 76.8 Å². The van der Waals surface area contributed by atoms with Gasteiger partial charge in [-0.25, -0.2) is 13.8 Å². The van der Waals surface area contributed by atoms with E-state index in [0.29, 0.717) is 74.9 Å². The number of amides is 9. The number of aliphatic carboxylic acids is 1. The van der Waals surface area contributed by atoms with Gasteiger partial charge in [-0.2, -0.15) is 23.5 Å². The van der Waals surface area contributed by atoms with Crippen molar-refractivity contribution >= 4 is 105 Å². The van der Waals surface area contributed by atoms with Gasteiger partial charge in [0.05, 0.1) is 30.7 Å². The number of carboxylic acid groups (broad SMARTS) is 1. The number of halogens is 2. The highest BCUT2D eigenvalue weighted by Gasteiger charge is 2.48. The van der Waals surface area contributed by atoms with Gasteiger partial charge in [0.1, 0.15) is 59.4 Å². The van der Waals surface area contributed by atoms with Crippen molar-refractivity contribution in [2.24, 2.45) is 17.4 Å². The van der Waals surface area contributed by atoms with Gasteiger partial charge in [-0.3, -0.25) is 52.7 Å². The molecule has 0 unspecified atom stereocenters. The first kappa shape index (κ1) is 76.0. The van der Waals surface area contributed by atoms with Crippen LogP contribution >= 0.6 is 23.5 Å². The number of nitrogens with two attached hydrogens (primary N) is 2. The maximum atomic E-state index is 15.2. The number of benzene rings is 4. The monoisotopic (exact) mass is 1440 g/mol. The van der Waals surface area contributed by atoms with E-state index in [1.165, 1.54) is 108 Å². The molecule has 0 spiro atoms. The zero-order valence-corrected chi connectivity index (χ0v) is 57.6. The number of unbranched alkanes of at least 4 members (excludes halogenated alkanes) is 1. The minimum absolute atomic E-state index is 0.0342. The lowest BCUT2D eigenvalue weighted by Gasteiger charge is -2.37. The van der Waals surface area contributed by atoms with Crippen LogP contribution in [0.5, 0.6) is 11.5 Å². The SMILES string of the molecule is C[C@@]12CCCN1C(=O)[C@H](Cc1ccc(O)cc1)NC(=O)[C@H](Cc1cnc[nH]1)NC(=O)[C@H](CC(=O)O)NC(=O)[C@H](CC1=CCc3ccc(F)cc31)NC(=O)[C@H](Cc1c[nH]c3ccc(F)cc13)NC(=O)CNC(=O)[C@H](CCCCN)NC(=O)CCSCc1cc(O)cc(c1)CSC[C@@H](C(N)=O)CC2=O. The van der Waals surface area contributed by atoms with E-state index >= 15 is 19.2 Å². The summed E-state index contributed by atoms with van der Waals surface area (Å²) in [5, 5.41) is 49.9. The second kappa shape index (κ2) is 35.5. The van der Waals surface area contributed by atoms with Crippen LogP contribution in [-0.2, 0) is 89.9 Å². The highest BCUT2D eigenvalue weighted by Crippen LogP contribution is 2.35. The second-order valence-electron chi connectivity index (χ2n) is 25.8. The summed E-state index contributed by atoms with van der Waals surface area (Å²) < 4.78 is 29.9. The van der Waals surface area contributed by atoms with Gasteiger partial charge in [-0.15, -0.1) is 0 Å². The number of hydrogen-bond donors (Lipinski definition) is 14. The fourth-order valence-electron chi connectivity index (χ4n) is 12.7. The average molecular weight is 1440 g/mol. The summed E-state index contributed by atoms with van der Waals surface area (Å²) in [4.78, 5) is 169. The van der Waals surface area contributed by atoms with Gasteiger partial charge in [0, 0.05) is 97.1 Å². The fraction of sp³-hybridized carbons (Fsp3) is 0.408. The Balaban J connectivity index is 1.06. The smallest absolute Gasteiger partial charge is 0.305 e. The number of primary amides is 1. The highest BCUT2D eigenvalue weighted by molar-refractivity contribution is 7.98. The van der Waals surface area contributed by atoms with Gasteiger partial charge in [-0.1, -0.05) is 30.3 Å². The third-order valence-corrected chi connectivity index (χ3v) is 20.4. The Kier molecular flexibility index (Phi) is 26.4. The third kappa shape index (κ3) is 20.8. The van der Waals surface area contributed by atoms with E-state index in [1.54, 1.807) is 25.1 Å². The fourth-order valence-corrected chi connectivity index (χ4v) is 14.7. The van der Waals surface area contributed by atoms with Gasteiger partial charge in [0.2, 0.25) is 53.2 Å². The number of aromatic amines is 2. The van der Waals surface area contributed by atoms with Crippen molar-refractivity contribution in [3.05, 3.63) is 154 Å². The van der Waals surface area contributed by atoms with Gasteiger partial charge >= 0.3 is 5.97 Å². The molecular weight excluding hydrogens is 1360 g/mol. The Hall–Kier alpha value is -10.1. The Morgan fingerprint density at radius 1 is 0.696 bits per heavy atom. The molecule has 102 heavy (non-hydrogen) atoms. The van der Waals surface area contributed by atoms with Crippen molar-refractivity contribution in [1.82, 2.24) is 57.1 Å².